The molecule has 1 unspecified atom stereocenters. The minimum Gasteiger partial charge on any atom is -0.494 e. The molecule has 0 saturated carbocycles. The smallest absolute Gasteiger partial charge is 0.247 e. The molecule has 3 aromatic rings. The highest BCUT2D eigenvalue weighted by Crippen LogP contribution is 2.40. The van der Waals surface area contributed by atoms with E-state index in [1.165, 1.54) is 29.6 Å². The summed E-state index contributed by atoms with van der Waals surface area (Å²) in [6.07, 6.45) is 5.15. The van der Waals surface area contributed by atoms with Gasteiger partial charge in [0.1, 0.15) is 29.5 Å². The van der Waals surface area contributed by atoms with Crippen molar-refractivity contribution in [2.75, 3.05) is 73.7 Å². The molecule has 0 bridgehead atoms. The minimum absolute atomic E-state index is 0.328. The zero-order valence-corrected chi connectivity index (χ0v) is 25.2. The second-order valence-electron chi connectivity index (χ2n) is 11.2. The van der Waals surface area contributed by atoms with E-state index < -0.39 is 17.7 Å². The Morgan fingerprint density at radius 3 is 2.44 bits per heavy atom. The topological polar surface area (TPSA) is 104 Å². The van der Waals surface area contributed by atoms with Gasteiger partial charge in [0.05, 0.1) is 50.0 Å². The molecule has 2 N–H and O–H groups in total. The van der Waals surface area contributed by atoms with Crippen LogP contribution in [0.1, 0.15) is 30.9 Å². The number of hydrogen-bond acceptors (Lipinski definition) is 10. The monoisotopic (exact) mass is 621 g/mol. The number of halogens is 2. The van der Waals surface area contributed by atoms with Crippen molar-refractivity contribution in [1.29, 1.82) is 0 Å². The number of nitrogens with one attached hydrogen (secondary N) is 2. The van der Waals surface area contributed by atoms with Crippen LogP contribution >= 0.6 is 0 Å². The second-order valence-corrected chi connectivity index (χ2v) is 11.2. The Balaban J connectivity index is 1.24. The number of nitrogens with zero attached hydrogens (tertiary/aromatic N) is 5. The van der Waals surface area contributed by atoms with Crippen LogP contribution in [0.15, 0.2) is 55.4 Å². The van der Waals surface area contributed by atoms with Crippen molar-refractivity contribution in [1.82, 2.24) is 14.9 Å². The molecule has 0 radical (unpaired) electrons. The molecule has 3 saturated heterocycles. The highest BCUT2D eigenvalue weighted by atomic mass is 19.1. The second kappa shape index (κ2) is 13.8. The van der Waals surface area contributed by atoms with Crippen LogP contribution < -0.4 is 25.3 Å². The highest BCUT2D eigenvalue weighted by Gasteiger charge is 2.31. The lowest BCUT2D eigenvalue weighted by Gasteiger charge is -2.41. The molecule has 13 heteroatoms. The molecule has 0 spiro atoms. The van der Waals surface area contributed by atoms with Crippen LogP contribution in [0, 0.1) is 11.6 Å². The average molecular weight is 622 g/mol. The van der Waals surface area contributed by atoms with Crippen LogP contribution in [-0.2, 0) is 14.4 Å². The summed E-state index contributed by atoms with van der Waals surface area (Å²) in [5, 5.41) is 7.77. The molecule has 238 valence electrons. The number of morpholine rings is 1. The molecular formula is C32H37F2N7O4. The van der Waals surface area contributed by atoms with Crippen molar-refractivity contribution in [2.24, 2.45) is 0 Å². The van der Waals surface area contributed by atoms with E-state index in [-0.39, 0.29) is 5.91 Å². The van der Waals surface area contributed by atoms with Crippen LogP contribution in [0.25, 0.3) is 0 Å². The van der Waals surface area contributed by atoms with E-state index in [0.717, 1.165) is 64.0 Å². The number of hydroxylamine groups is 1. The number of rotatable bonds is 9. The summed E-state index contributed by atoms with van der Waals surface area (Å²) >= 11 is 0. The first-order chi connectivity index (χ1) is 21.9. The molecule has 45 heavy (non-hydrogen) atoms. The van der Waals surface area contributed by atoms with Crippen LogP contribution in [0.3, 0.4) is 0 Å². The number of piperidine rings is 1. The van der Waals surface area contributed by atoms with Gasteiger partial charge in [-0.1, -0.05) is 6.58 Å². The van der Waals surface area contributed by atoms with Crippen molar-refractivity contribution >= 4 is 34.6 Å². The van der Waals surface area contributed by atoms with Gasteiger partial charge in [-0.2, -0.15) is 0 Å². The molecule has 6 rings (SSSR count). The summed E-state index contributed by atoms with van der Waals surface area (Å²) in [6.45, 7) is 9.10. The van der Waals surface area contributed by atoms with Crippen LogP contribution in [0.2, 0.25) is 0 Å². The predicted octanol–water partition coefficient (Wildman–Crippen LogP) is 4.82. The average Bonchev–Trinajstić information content (AvgIpc) is 3.56. The van der Waals surface area contributed by atoms with Gasteiger partial charge in [-0.15, -0.1) is 0 Å². The van der Waals surface area contributed by atoms with Crippen molar-refractivity contribution in [3.63, 3.8) is 0 Å². The Labute approximate surface area is 260 Å². The number of hydrogen-bond donors (Lipinski definition) is 2. The number of ether oxygens (including phenoxy) is 2. The summed E-state index contributed by atoms with van der Waals surface area (Å²) in [4.78, 5) is 31.8. The lowest BCUT2D eigenvalue weighted by Crippen LogP contribution is -2.49. The number of carbonyl (C=O) groups excluding carboxylic acids is 1. The van der Waals surface area contributed by atoms with E-state index >= 15 is 0 Å². The molecule has 2 aromatic carbocycles. The highest BCUT2D eigenvalue weighted by molar-refractivity contribution is 6.02. The van der Waals surface area contributed by atoms with Crippen molar-refractivity contribution in [3.8, 4) is 5.75 Å². The first-order valence-corrected chi connectivity index (χ1v) is 15.1. The minimum atomic E-state index is -0.654. The SMILES string of the molecule is C=CC(=O)Nc1cc(Nc2cc(N3OCCC3c3cc(F)cc(F)c3)ncn2)c(OC)cc1N1CCC(N2CCOCC2)CC1. The van der Waals surface area contributed by atoms with E-state index in [9.17, 15) is 13.6 Å². The third-order valence-corrected chi connectivity index (χ3v) is 8.44. The fraction of sp³-hybridized carbons (Fsp3) is 0.406. The van der Waals surface area contributed by atoms with E-state index in [0.29, 0.717) is 53.4 Å². The third kappa shape index (κ3) is 7.00. The Morgan fingerprint density at radius 2 is 1.73 bits per heavy atom. The maximum absolute atomic E-state index is 14.0. The van der Waals surface area contributed by atoms with Gasteiger partial charge in [-0.25, -0.2) is 23.8 Å². The molecule has 3 aliphatic heterocycles. The lowest BCUT2D eigenvalue weighted by atomic mass is 10.0. The van der Waals surface area contributed by atoms with Gasteiger partial charge in [0, 0.05) is 56.8 Å². The van der Waals surface area contributed by atoms with Crippen molar-refractivity contribution in [2.45, 2.75) is 31.3 Å². The fourth-order valence-electron chi connectivity index (χ4n) is 6.23. The van der Waals surface area contributed by atoms with E-state index in [4.69, 9.17) is 14.3 Å². The summed E-state index contributed by atoms with van der Waals surface area (Å²) < 4.78 is 39.3. The van der Waals surface area contributed by atoms with Crippen LogP contribution in [0.5, 0.6) is 5.75 Å². The first-order valence-electron chi connectivity index (χ1n) is 15.1. The normalized spacial score (nSPS) is 19.4. The number of carbonyl (C=O) groups is 1. The molecule has 0 aliphatic carbocycles. The predicted molar refractivity (Wildman–Crippen MR) is 167 cm³/mol. The largest absolute Gasteiger partial charge is 0.494 e. The zero-order chi connectivity index (χ0) is 31.3. The number of benzene rings is 2. The fourth-order valence-corrected chi connectivity index (χ4v) is 6.23. The Morgan fingerprint density at radius 1 is 0.978 bits per heavy atom. The quantitative estimate of drug-likeness (QED) is 0.324. The number of aromatic nitrogens is 2. The summed E-state index contributed by atoms with van der Waals surface area (Å²) in [7, 11) is 1.59. The molecule has 3 aliphatic rings. The van der Waals surface area contributed by atoms with Crippen LogP contribution in [-0.4, -0.2) is 79.9 Å². The Bertz CT molecular complexity index is 1510. The van der Waals surface area contributed by atoms with E-state index in [1.807, 2.05) is 12.1 Å². The number of methoxy groups -OCH3 is 1. The van der Waals surface area contributed by atoms with Gasteiger partial charge in [0.15, 0.2) is 5.82 Å². The van der Waals surface area contributed by atoms with Gasteiger partial charge in [0.25, 0.3) is 0 Å². The summed E-state index contributed by atoms with van der Waals surface area (Å²) in [6, 6.07) is 8.92. The first kappa shape index (κ1) is 30.7. The van der Waals surface area contributed by atoms with Crippen molar-refractivity contribution < 1.29 is 27.9 Å². The Kier molecular flexibility index (Phi) is 9.38. The number of amides is 1. The summed E-state index contributed by atoms with van der Waals surface area (Å²) in [5.74, 6) is -0.235. The molecular weight excluding hydrogens is 584 g/mol. The molecule has 4 heterocycles. The molecule has 1 aromatic heterocycles. The van der Waals surface area contributed by atoms with Crippen LogP contribution in [0.4, 0.5) is 37.5 Å². The number of anilines is 5. The van der Waals surface area contributed by atoms with Gasteiger partial charge < -0.3 is 25.0 Å². The van der Waals surface area contributed by atoms with E-state index in [2.05, 4.69) is 37.0 Å². The van der Waals surface area contributed by atoms with Gasteiger partial charge in [-0.3, -0.25) is 14.5 Å². The molecule has 1 atom stereocenters. The van der Waals surface area contributed by atoms with Gasteiger partial charge in [-0.05, 0) is 42.7 Å². The third-order valence-electron chi connectivity index (χ3n) is 8.44. The lowest BCUT2D eigenvalue weighted by molar-refractivity contribution is -0.111. The summed E-state index contributed by atoms with van der Waals surface area (Å²) in [5.41, 5.74) is 2.48. The Hall–Kier alpha value is -4.33. The molecule has 11 nitrogen and oxygen atoms in total. The zero-order valence-electron chi connectivity index (χ0n) is 25.2. The molecule has 1 amide bonds. The molecule has 3 fully saturated rings. The van der Waals surface area contributed by atoms with E-state index in [1.54, 1.807) is 13.2 Å². The van der Waals surface area contributed by atoms with Gasteiger partial charge in [0.2, 0.25) is 5.91 Å². The van der Waals surface area contributed by atoms with Crippen molar-refractivity contribution in [3.05, 3.63) is 72.6 Å². The van der Waals surface area contributed by atoms with Gasteiger partial charge >= 0.3 is 0 Å². The maximum atomic E-state index is 14.0. The maximum Gasteiger partial charge on any atom is 0.247 e. The standard InChI is InChI=1S/C32H37F2N7O4/c1-3-32(42)38-25-17-26(29(43-2)18-28(25)40-7-4-24(5-8-40)39-9-12-44-13-10-39)37-30-19-31(36-20-35-30)41-27(6-11-45-41)21-14-22(33)16-23(34)15-21/h3,14-20,24,27H,1,4-13H2,2H3,(H,38,42)(H,35,36,37).